The second-order valence-electron chi connectivity index (χ2n) is 6.91. The summed E-state index contributed by atoms with van der Waals surface area (Å²) in [5.74, 6) is -0.206. The molecule has 4 nitrogen and oxygen atoms in total. The van der Waals surface area contributed by atoms with E-state index in [-0.39, 0.29) is 5.56 Å². The predicted molar refractivity (Wildman–Crippen MR) is 107 cm³/mol. The highest BCUT2D eigenvalue weighted by Gasteiger charge is 2.09. The summed E-state index contributed by atoms with van der Waals surface area (Å²) in [6, 6.07) is 19.8. The third-order valence-corrected chi connectivity index (χ3v) is 4.94. The molecule has 4 heteroatoms. The molecule has 0 saturated heterocycles. The zero-order chi connectivity index (χ0) is 19.0. The Morgan fingerprint density at radius 2 is 1.67 bits per heavy atom. The number of aromatic nitrogens is 2. The molecule has 0 radical (unpaired) electrons. The fourth-order valence-corrected chi connectivity index (χ4v) is 3.21. The van der Waals surface area contributed by atoms with Crippen LogP contribution in [0.3, 0.4) is 0 Å². The third-order valence-electron chi connectivity index (χ3n) is 4.94. The van der Waals surface area contributed by atoms with Crippen LogP contribution in [-0.2, 0) is 6.42 Å². The van der Waals surface area contributed by atoms with Crippen molar-refractivity contribution in [2.24, 2.45) is 0 Å². The van der Waals surface area contributed by atoms with E-state index >= 15 is 0 Å². The number of hydrogen-bond acceptors (Lipinski definition) is 2. The highest BCUT2D eigenvalue weighted by Crippen LogP contribution is 2.23. The first-order chi connectivity index (χ1) is 13.0. The average molecular weight is 356 g/mol. The summed E-state index contributed by atoms with van der Waals surface area (Å²) in [6.45, 7) is 4.26. The van der Waals surface area contributed by atoms with Crippen LogP contribution in [0, 0.1) is 13.8 Å². The van der Waals surface area contributed by atoms with Crippen molar-refractivity contribution in [3.8, 4) is 11.4 Å². The molecule has 0 saturated carbocycles. The molecule has 3 aromatic carbocycles. The number of H-pyrrole nitrogens is 1. The molecule has 0 aliphatic rings. The van der Waals surface area contributed by atoms with E-state index < -0.39 is 5.97 Å². The molecule has 1 aromatic heterocycles. The molecule has 2 N–H and O–H groups in total. The number of aromatic carboxylic acids is 1. The molecule has 0 aliphatic carbocycles. The number of nitrogens with zero attached hydrogens (tertiary/aromatic N) is 1. The quantitative estimate of drug-likeness (QED) is 0.532. The number of benzene rings is 3. The van der Waals surface area contributed by atoms with Gasteiger partial charge in [0.1, 0.15) is 5.82 Å². The monoisotopic (exact) mass is 356 g/mol. The van der Waals surface area contributed by atoms with Crippen molar-refractivity contribution in [1.29, 1.82) is 0 Å². The van der Waals surface area contributed by atoms with Gasteiger partial charge in [0.15, 0.2) is 0 Å². The lowest BCUT2D eigenvalue weighted by atomic mass is 10.00. The number of aromatic amines is 1. The Balaban J connectivity index is 1.59. The SMILES string of the molecule is Cc1ccc(Cc2ccc(-c3nc4cc(C(=O)O)ccc4[nH]3)cc2)cc1C. The van der Waals surface area contributed by atoms with Crippen molar-refractivity contribution >= 4 is 17.0 Å². The van der Waals surface area contributed by atoms with Gasteiger partial charge in [0.2, 0.25) is 0 Å². The number of carboxylic acid groups (broad SMARTS) is 1. The largest absolute Gasteiger partial charge is 0.478 e. The summed E-state index contributed by atoms with van der Waals surface area (Å²) in [6.07, 6.45) is 0.892. The molecule has 27 heavy (non-hydrogen) atoms. The summed E-state index contributed by atoms with van der Waals surface area (Å²) in [7, 11) is 0. The van der Waals surface area contributed by atoms with Crippen molar-refractivity contribution < 1.29 is 9.90 Å². The van der Waals surface area contributed by atoms with Gasteiger partial charge < -0.3 is 10.1 Å². The molecule has 134 valence electrons. The molecule has 0 bridgehead atoms. The number of aryl methyl sites for hydroxylation is 2. The number of nitrogens with one attached hydrogen (secondary N) is 1. The van der Waals surface area contributed by atoms with Crippen molar-refractivity contribution in [1.82, 2.24) is 9.97 Å². The Morgan fingerprint density at radius 1 is 0.926 bits per heavy atom. The second kappa shape index (κ2) is 6.72. The standard InChI is InChI=1S/C23H20N2O2/c1-14-3-4-17(11-15(14)2)12-16-5-7-18(8-6-16)22-24-20-10-9-19(23(26)27)13-21(20)25-22/h3-11,13H,12H2,1-2H3,(H,24,25)(H,26,27). The number of carbonyl (C=O) groups is 1. The number of carboxylic acids is 1. The Kier molecular flexibility index (Phi) is 4.24. The molecule has 0 fully saturated rings. The number of imidazole rings is 1. The van der Waals surface area contributed by atoms with Gasteiger partial charge in [0.25, 0.3) is 0 Å². The summed E-state index contributed by atoms with van der Waals surface area (Å²) in [5, 5.41) is 9.11. The highest BCUT2D eigenvalue weighted by atomic mass is 16.4. The first-order valence-electron chi connectivity index (χ1n) is 8.88. The van der Waals surface area contributed by atoms with E-state index in [2.05, 4.69) is 54.1 Å². The van der Waals surface area contributed by atoms with Crippen LogP contribution in [0.5, 0.6) is 0 Å². The molecule has 0 spiro atoms. The third kappa shape index (κ3) is 3.47. The first kappa shape index (κ1) is 17.0. The van der Waals surface area contributed by atoms with Gasteiger partial charge in [-0.25, -0.2) is 9.78 Å². The lowest BCUT2D eigenvalue weighted by molar-refractivity contribution is 0.0697. The molecule has 1 heterocycles. The smallest absolute Gasteiger partial charge is 0.335 e. The zero-order valence-electron chi connectivity index (χ0n) is 15.3. The molecule has 0 aliphatic heterocycles. The van der Waals surface area contributed by atoms with E-state index in [9.17, 15) is 4.79 Å². The van der Waals surface area contributed by atoms with Gasteiger partial charge in [-0.1, -0.05) is 42.5 Å². The lowest BCUT2D eigenvalue weighted by Crippen LogP contribution is -1.94. The van der Waals surface area contributed by atoms with Gasteiger partial charge >= 0.3 is 5.97 Å². The van der Waals surface area contributed by atoms with E-state index in [0.29, 0.717) is 5.52 Å². The van der Waals surface area contributed by atoms with Crippen LogP contribution in [-0.4, -0.2) is 21.0 Å². The first-order valence-corrected chi connectivity index (χ1v) is 8.88. The minimum Gasteiger partial charge on any atom is -0.478 e. The lowest BCUT2D eigenvalue weighted by Gasteiger charge is -2.06. The van der Waals surface area contributed by atoms with Gasteiger partial charge in [-0.3, -0.25) is 0 Å². The fraction of sp³-hybridized carbons (Fsp3) is 0.130. The normalized spacial score (nSPS) is 11.0. The molecule has 0 atom stereocenters. The van der Waals surface area contributed by atoms with Gasteiger partial charge in [0, 0.05) is 5.56 Å². The molecule has 0 amide bonds. The van der Waals surface area contributed by atoms with Gasteiger partial charge in [-0.05, 0) is 60.7 Å². The van der Waals surface area contributed by atoms with Crippen LogP contribution < -0.4 is 0 Å². The fourth-order valence-electron chi connectivity index (χ4n) is 3.21. The Morgan fingerprint density at radius 3 is 2.37 bits per heavy atom. The van der Waals surface area contributed by atoms with Crippen LogP contribution >= 0.6 is 0 Å². The number of hydrogen-bond donors (Lipinski definition) is 2. The van der Waals surface area contributed by atoms with E-state index in [0.717, 1.165) is 23.3 Å². The highest BCUT2D eigenvalue weighted by molar-refractivity contribution is 5.93. The summed E-state index contributed by atoms with van der Waals surface area (Å²) in [4.78, 5) is 18.9. The molecule has 4 aromatic rings. The van der Waals surface area contributed by atoms with Crippen LogP contribution in [0.25, 0.3) is 22.4 Å². The maximum absolute atomic E-state index is 11.1. The molecular formula is C23H20N2O2. The summed E-state index contributed by atoms with van der Waals surface area (Å²) in [5.41, 5.74) is 7.87. The zero-order valence-corrected chi connectivity index (χ0v) is 15.3. The second-order valence-corrected chi connectivity index (χ2v) is 6.91. The minimum atomic E-state index is -0.947. The van der Waals surface area contributed by atoms with E-state index in [1.165, 1.54) is 22.3 Å². The van der Waals surface area contributed by atoms with Crippen LogP contribution in [0.1, 0.15) is 32.6 Å². The van der Waals surface area contributed by atoms with Gasteiger partial charge in [0.05, 0.1) is 16.6 Å². The van der Waals surface area contributed by atoms with Crippen LogP contribution in [0.4, 0.5) is 0 Å². The van der Waals surface area contributed by atoms with E-state index in [1.54, 1.807) is 18.2 Å². The summed E-state index contributed by atoms with van der Waals surface area (Å²) < 4.78 is 0. The maximum Gasteiger partial charge on any atom is 0.335 e. The van der Waals surface area contributed by atoms with Crippen molar-refractivity contribution in [2.45, 2.75) is 20.3 Å². The van der Waals surface area contributed by atoms with Gasteiger partial charge in [-0.2, -0.15) is 0 Å². The average Bonchev–Trinajstić information content (AvgIpc) is 3.08. The molecule has 0 unspecified atom stereocenters. The Labute approximate surface area is 157 Å². The van der Waals surface area contributed by atoms with Crippen LogP contribution in [0.15, 0.2) is 60.7 Å². The van der Waals surface area contributed by atoms with E-state index in [1.807, 2.05) is 12.1 Å². The molecule has 4 rings (SSSR count). The number of fused-ring (bicyclic) bond motifs is 1. The Bertz CT molecular complexity index is 1140. The maximum atomic E-state index is 11.1. The topological polar surface area (TPSA) is 66.0 Å². The molecular weight excluding hydrogens is 336 g/mol. The predicted octanol–water partition coefficient (Wildman–Crippen LogP) is 5.14. The van der Waals surface area contributed by atoms with Crippen molar-refractivity contribution in [3.05, 3.63) is 88.5 Å². The Hall–Kier alpha value is -3.40. The minimum absolute atomic E-state index is 0.240. The van der Waals surface area contributed by atoms with Crippen molar-refractivity contribution in [3.63, 3.8) is 0 Å². The summed E-state index contributed by atoms with van der Waals surface area (Å²) >= 11 is 0. The van der Waals surface area contributed by atoms with Crippen LogP contribution in [0.2, 0.25) is 0 Å². The number of rotatable bonds is 4. The van der Waals surface area contributed by atoms with Crippen molar-refractivity contribution in [2.75, 3.05) is 0 Å². The van der Waals surface area contributed by atoms with Gasteiger partial charge in [-0.15, -0.1) is 0 Å². The van der Waals surface area contributed by atoms with E-state index in [4.69, 9.17) is 5.11 Å².